The average molecular weight is 255 g/mol. The van der Waals surface area contributed by atoms with Crippen molar-refractivity contribution >= 4 is 0 Å². The lowest BCUT2D eigenvalue weighted by atomic mass is 9.78. The number of hydrazine groups is 1. The van der Waals surface area contributed by atoms with Crippen molar-refractivity contribution in [3.8, 4) is 0 Å². The molecule has 18 heavy (non-hydrogen) atoms. The van der Waals surface area contributed by atoms with Gasteiger partial charge in [-0.3, -0.25) is 16.2 Å². The number of rotatable bonds is 8. The third-order valence-electron chi connectivity index (χ3n) is 5.15. The Bertz CT molecular complexity index is 220. The van der Waals surface area contributed by atoms with Crippen molar-refractivity contribution in [2.24, 2.45) is 11.8 Å². The molecule has 1 rings (SSSR count). The van der Waals surface area contributed by atoms with Gasteiger partial charge in [-0.1, -0.05) is 34.1 Å². The van der Waals surface area contributed by atoms with Crippen LogP contribution in [0, 0.1) is 5.92 Å². The predicted molar refractivity (Wildman–Crippen MR) is 79.3 cm³/mol. The molecule has 0 spiro atoms. The Morgan fingerprint density at radius 3 is 2.11 bits per heavy atom. The summed E-state index contributed by atoms with van der Waals surface area (Å²) in [5.41, 5.74) is 3.40. The van der Waals surface area contributed by atoms with Crippen molar-refractivity contribution in [3.63, 3.8) is 0 Å². The zero-order valence-electron chi connectivity index (χ0n) is 12.8. The number of likely N-dealkylation sites (tertiary alicyclic amines) is 1. The number of hydrogen-bond donors (Lipinski definition) is 2. The minimum atomic E-state index is 0.259. The van der Waals surface area contributed by atoms with Crippen molar-refractivity contribution in [2.45, 2.75) is 77.8 Å². The Balaban J connectivity index is 2.84. The van der Waals surface area contributed by atoms with Gasteiger partial charge in [-0.2, -0.15) is 0 Å². The van der Waals surface area contributed by atoms with Gasteiger partial charge in [0.15, 0.2) is 0 Å². The van der Waals surface area contributed by atoms with E-state index < -0.39 is 0 Å². The molecule has 3 heteroatoms. The van der Waals surface area contributed by atoms with E-state index in [2.05, 4.69) is 38.0 Å². The van der Waals surface area contributed by atoms with Crippen LogP contribution in [0.4, 0.5) is 0 Å². The highest BCUT2D eigenvalue weighted by Gasteiger charge is 2.41. The molecule has 1 saturated heterocycles. The smallest absolute Gasteiger partial charge is 0.0397 e. The fraction of sp³-hybridized carbons (Fsp3) is 1.00. The summed E-state index contributed by atoms with van der Waals surface area (Å²) in [6, 6.07) is 0.417. The molecule has 3 N–H and O–H groups in total. The van der Waals surface area contributed by atoms with E-state index in [1.165, 1.54) is 51.6 Å². The van der Waals surface area contributed by atoms with Gasteiger partial charge >= 0.3 is 0 Å². The summed E-state index contributed by atoms with van der Waals surface area (Å²) < 4.78 is 0. The van der Waals surface area contributed by atoms with Crippen molar-refractivity contribution in [1.29, 1.82) is 0 Å². The van der Waals surface area contributed by atoms with Crippen LogP contribution in [0.15, 0.2) is 0 Å². The van der Waals surface area contributed by atoms with Crippen LogP contribution in [0.5, 0.6) is 0 Å². The second-order valence-electron chi connectivity index (χ2n) is 5.97. The Morgan fingerprint density at radius 1 is 1.17 bits per heavy atom. The highest BCUT2D eigenvalue weighted by Crippen LogP contribution is 2.34. The van der Waals surface area contributed by atoms with Gasteiger partial charge in [0.05, 0.1) is 0 Å². The molecule has 3 nitrogen and oxygen atoms in total. The second-order valence-corrected chi connectivity index (χ2v) is 5.97. The predicted octanol–water partition coefficient (Wildman–Crippen LogP) is 2.91. The molecule has 1 heterocycles. The van der Waals surface area contributed by atoms with Crippen LogP contribution in [-0.2, 0) is 0 Å². The van der Waals surface area contributed by atoms with Gasteiger partial charge in [-0.05, 0) is 51.1 Å². The number of hydrogen-bond acceptors (Lipinski definition) is 3. The maximum absolute atomic E-state index is 5.90. The molecule has 0 aromatic rings. The standard InChI is InChI=1S/C15H33N3/c1-5-13(4)12-14(17-16)15(6-2,7-3)18-10-8-9-11-18/h13-14,17H,5-12,16H2,1-4H3. The molecule has 0 bridgehead atoms. The monoisotopic (exact) mass is 255 g/mol. The summed E-state index contributed by atoms with van der Waals surface area (Å²) in [5.74, 6) is 6.65. The van der Waals surface area contributed by atoms with Crippen LogP contribution >= 0.6 is 0 Å². The lowest BCUT2D eigenvalue weighted by molar-refractivity contribution is 0.0525. The summed E-state index contributed by atoms with van der Waals surface area (Å²) >= 11 is 0. The maximum atomic E-state index is 5.90. The van der Waals surface area contributed by atoms with E-state index in [0.717, 1.165) is 5.92 Å². The first-order valence-electron chi connectivity index (χ1n) is 7.85. The molecule has 0 aromatic carbocycles. The van der Waals surface area contributed by atoms with Gasteiger partial charge < -0.3 is 0 Å². The normalized spacial score (nSPS) is 21.2. The largest absolute Gasteiger partial charge is 0.296 e. The van der Waals surface area contributed by atoms with Gasteiger partial charge in [-0.15, -0.1) is 0 Å². The summed E-state index contributed by atoms with van der Waals surface area (Å²) in [5, 5.41) is 0. The quantitative estimate of drug-likeness (QED) is 0.517. The third kappa shape index (κ3) is 3.25. The van der Waals surface area contributed by atoms with E-state index in [-0.39, 0.29) is 5.54 Å². The zero-order chi connectivity index (χ0) is 13.6. The first-order valence-corrected chi connectivity index (χ1v) is 7.85. The molecule has 1 aliphatic rings. The lowest BCUT2D eigenvalue weighted by Crippen LogP contribution is -2.62. The van der Waals surface area contributed by atoms with Crippen LogP contribution in [-0.4, -0.2) is 29.6 Å². The summed E-state index contributed by atoms with van der Waals surface area (Å²) in [6.45, 7) is 11.8. The summed E-state index contributed by atoms with van der Waals surface area (Å²) in [4.78, 5) is 2.69. The molecule has 2 unspecified atom stereocenters. The Kier molecular flexibility index (Phi) is 6.61. The lowest BCUT2D eigenvalue weighted by Gasteiger charge is -2.47. The number of nitrogens with two attached hydrogens (primary N) is 1. The van der Waals surface area contributed by atoms with Gasteiger partial charge in [0.2, 0.25) is 0 Å². The van der Waals surface area contributed by atoms with E-state index in [4.69, 9.17) is 5.84 Å². The highest BCUT2D eigenvalue weighted by molar-refractivity contribution is 5.00. The second kappa shape index (κ2) is 7.46. The molecule has 2 atom stereocenters. The van der Waals surface area contributed by atoms with Crippen molar-refractivity contribution in [3.05, 3.63) is 0 Å². The first-order chi connectivity index (χ1) is 8.64. The van der Waals surface area contributed by atoms with Gasteiger partial charge in [0.1, 0.15) is 0 Å². The fourth-order valence-electron chi connectivity index (χ4n) is 3.58. The van der Waals surface area contributed by atoms with Crippen molar-refractivity contribution in [2.75, 3.05) is 13.1 Å². The van der Waals surface area contributed by atoms with Crippen LogP contribution in [0.1, 0.15) is 66.2 Å². The van der Waals surface area contributed by atoms with E-state index in [1.54, 1.807) is 0 Å². The molecule has 0 amide bonds. The SMILES string of the molecule is CCC(C)CC(NN)C(CC)(CC)N1CCCC1. The van der Waals surface area contributed by atoms with Crippen molar-refractivity contribution in [1.82, 2.24) is 10.3 Å². The topological polar surface area (TPSA) is 41.3 Å². The molecule has 0 radical (unpaired) electrons. The molecule has 0 aliphatic carbocycles. The van der Waals surface area contributed by atoms with Crippen LogP contribution in [0.2, 0.25) is 0 Å². The molecule has 108 valence electrons. The molecule has 1 aliphatic heterocycles. The van der Waals surface area contributed by atoms with E-state index in [0.29, 0.717) is 6.04 Å². The first kappa shape index (κ1) is 15.9. The number of nitrogens with zero attached hydrogens (tertiary/aromatic N) is 1. The average Bonchev–Trinajstić information content (AvgIpc) is 2.93. The summed E-state index contributed by atoms with van der Waals surface area (Å²) in [7, 11) is 0. The third-order valence-corrected chi connectivity index (χ3v) is 5.15. The van der Waals surface area contributed by atoms with Crippen LogP contribution in [0.25, 0.3) is 0 Å². The van der Waals surface area contributed by atoms with Crippen molar-refractivity contribution < 1.29 is 0 Å². The van der Waals surface area contributed by atoms with E-state index in [9.17, 15) is 0 Å². The zero-order valence-corrected chi connectivity index (χ0v) is 12.8. The Morgan fingerprint density at radius 2 is 1.72 bits per heavy atom. The highest BCUT2D eigenvalue weighted by atomic mass is 15.3. The van der Waals surface area contributed by atoms with Gasteiger partial charge in [-0.25, -0.2) is 0 Å². The molecule has 1 fully saturated rings. The van der Waals surface area contributed by atoms with Gasteiger partial charge in [0, 0.05) is 11.6 Å². The fourth-order valence-corrected chi connectivity index (χ4v) is 3.58. The number of nitrogens with one attached hydrogen (secondary N) is 1. The maximum Gasteiger partial charge on any atom is 0.0397 e. The molecule has 0 aromatic heterocycles. The van der Waals surface area contributed by atoms with Crippen LogP contribution in [0.3, 0.4) is 0 Å². The Labute approximate surface area is 113 Å². The van der Waals surface area contributed by atoms with Gasteiger partial charge in [0.25, 0.3) is 0 Å². The minimum absolute atomic E-state index is 0.259. The van der Waals surface area contributed by atoms with Crippen LogP contribution < -0.4 is 11.3 Å². The Hall–Kier alpha value is -0.120. The molecular formula is C15H33N3. The molecular weight excluding hydrogens is 222 g/mol. The minimum Gasteiger partial charge on any atom is -0.296 e. The molecule has 0 saturated carbocycles. The van der Waals surface area contributed by atoms with E-state index in [1.807, 2.05) is 0 Å². The summed E-state index contributed by atoms with van der Waals surface area (Å²) in [6.07, 6.45) is 7.50. The van der Waals surface area contributed by atoms with E-state index >= 15 is 0 Å².